The Hall–Kier alpha value is -0.380. The van der Waals surface area contributed by atoms with Crippen molar-refractivity contribution in [1.29, 1.82) is 0 Å². The number of unbranched alkanes of at least 4 members (excludes halogenated alkanes) is 1. The van der Waals surface area contributed by atoms with Gasteiger partial charge in [-0.2, -0.15) is 0 Å². The fourth-order valence-corrected chi connectivity index (χ4v) is 1.12. The van der Waals surface area contributed by atoms with E-state index in [0.29, 0.717) is 0 Å². The van der Waals surface area contributed by atoms with Crippen LogP contribution in [0, 0.1) is 0 Å². The largest absolute Gasteiger partial charge is 0.382 e. The van der Waals surface area contributed by atoms with E-state index in [9.17, 15) is 0 Å². The first-order valence-electron chi connectivity index (χ1n) is 5.89. The van der Waals surface area contributed by atoms with E-state index in [2.05, 4.69) is 5.32 Å². The Morgan fingerprint density at radius 1 is 1.07 bits per heavy atom. The molecule has 0 heterocycles. The van der Waals surface area contributed by atoms with Crippen LogP contribution in [0.15, 0.2) is 12.2 Å². The van der Waals surface area contributed by atoms with E-state index in [1.807, 2.05) is 26.0 Å². The van der Waals surface area contributed by atoms with Gasteiger partial charge < -0.3 is 14.8 Å². The molecule has 0 aliphatic rings. The van der Waals surface area contributed by atoms with Crippen molar-refractivity contribution in [2.45, 2.75) is 26.7 Å². The van der Waals surface area contributed by atoms with E-state index < -0.39 is 0 Å². The van der Waals surface area contributed by atoms with Crippen LogP contribution in [0.3, 0.4) is 0 Å². The Kier molecular flexibility index (Phi) is 13.3. The molecule has 0 radical (unpaired) electrons. The number of nitrogens with one attached hydrogen (secondary N) is 1. The molecule has 0 rings (SSSR count). The summed E-state index contributed by atoms with van der Waals surface area (Å²) in [5.41, 5.74) is 0. The van der Waals surface area contributed by atoms with E-state index in [4.69, 9.17) is 9.47 Å². The van der Waals surface area contributed by atoms with Gasteiger partial charge in [0.2, 0.25) is 0 Å². The van der Waals surface area contributed by atoms with Crippen LogP contribution >= 0.6 is 0 Å². The Bertz CT molecular complexity index is 138. The van der Waals surface area contributed by atoms with Crippen LogP contribution in [0.2, 0.25) is 0 Å². The normalized spacial score (nSPS) is 11.3. The lowest BCUT2D eigenvalue weighted by Crippen LogP contribution is -2.21. The molecule has 90 valence electrons. The third-order valence-electron chi connectivity index (χ3n) is 1.97. The zero-order valence-electron chi connectivity index (χ0n) is 10.1. The maximum Gasteiger partial charge on any atom is 0.0647 e. The predicted molar refractivity (Wildman–Crippen MR) is 64.2 cm³/mol. The highest BCUT2D eigenvalue weighted by molar-refractivity contribution is 4.75. The van der Waals surface area contributed by atoms with Gasteiger partial charge >= 0.3 is 0 Å². The lowest BCUT2D eigenvalue weighted by Gasteiger charge is -2.04. The Morgan fingerprint density at radius 2 is 1.93 bits per heavy atom. The quantitative estimate of drug-likeness (QED) is 0.422. The minimum absolute atomic E-state index is 0.725. The molecule has 3 heteroatoms. The van der Waals surface area contributed by atoms with Crippen molar-refractivity contribution in [2.75, 3.05) is 39.5 Å². The molecule has 3 nitrogen and oxygen atoms in total. The van der Waals surface area contributed by atoms with E-state index in [-0.39, 0.29) is 0 Å². The molecular weight excluding hydrogens is 190 g/mol. The Balaban J connectivity index is 2.86. The molecule has 0 spiro atoms. The van der Waals surface area contributed by atoms with Gasteiger partial charge in [-0.1, -0.05) is 12.2 Å². The molecule has 0 atom stereocenters. The monoisotopic (exact) mass is 215 g/mol. The maximum atomic E-state index is 5.35. The first-order valence-corrected chi connectivity index (χ1v) is 5.89. The summed E-state index contributed by atoms with van der Waals surface area (Å²) in [5, 5.41) is 3.33. The van der Waals surface area contributed by atoms with Gasteiger partial charge in [-0.05, 0) is 33.2 Å². The first kappa shape index (κ1) is 14.6. The summed E-state index contributed by atoms with van der Waals surface area (Å²) in [4.78, 5) is 0. The summed E-state index contributed by atoms with van der Waals surface area (Å²) in [5.74, 6) is 0. The molecule has 0 aliphatic heterocycles. The highest BCUT2D eigenvalue weighted by Gasteiger charge is 1.89. The highest BCUT2D eigenvalue weighted by Crippen LogP contribution is 1.87. The van der Waals surface area contributed by atoms with Gasteiger partial charge in [0.05, 0.1) is 13.2 Å². The number of allylic oxidation sites excluding steroid dienone is 1. The van der Waals surface area contributed by atoms with Crippen molar-refractivity contribution in [2.24, 2.45) is 0 Å². The SMILES string of the molecule is CC=CCOCCNCCCCOCC. The number of hydrogen-bond donors (Lipinski definition) is 1. The van der Waals surface area contributed by atoms with Crippen LogP contribution in [0.5, 0.6) is 0 Å². The van der Waals surface area contributed by atoms with Crippen molar-refractivity contribution in [1.82, 2.24) is 5.32 Å². The Labute approximate surface area is 93.8 Å². The fourth-order valence-electron chi connectivity index (χ4n) is 1.12. The average molecular weight is 215 g/mol. The third-order valence-corrected chi connectivity index (χ3v) is 1.97. The Morgan fingerprint density at radius 3 is 2.67 bits per heavy atom. The molecule has 0 aromatic rings. The third kappa shape index (κ3) is 13.6. The van der Waals surface area contributed by atoms with Crippen LogP contribution in [-0.4, -0.2) is 39.5 Å². The van der Waals surface area contributed by atoms with Crippen molar-refractivity contribution >= 4 is 0 Å². The van der Waals surface area contributed by atoms with Crippen LogP contribution in [-0.2, 0) is 9.47 Å². The second kappa shape index (κ2) is 13.6. The molecule has 0 saturated carbocycles. The molecule has 0 amide bonds. The summed E-state index contributed by atoms with van der Waals surface area (Å²) in [6.45, 7) is 9.24. The molecule has 15 heavy (non-hydrogen) atoms. The molecule has 0 fully saturated rings. The fraction of sp³-hybridized carbons (Fsp3) is 0.833. The van der Waals surface area contributed by atoms with Gasteiger partial charge in [0, 0.05) is 19.8 Å². The standard InChI is InChI=1S/C12H25NO2/c1-3-5-10-15-12-9-13-8-6-7-11-14-4-2/h3,5,13H,4,6-12H2,1-2H3. The minimum Gasteiger partial charge on any atom is -0.382 e. The lowest BCUT2D eigenvalue weighted by molar-refractivity contribution is 0.142. The van der Waals surface area contributed by atoms with Gasteiger partial charge in [0.15, 0.2) is 0 Å². The minimum atomic E-state index is 0.725. The second-order valence-corrected chi connectivity index (χ2v) is 3.30. The van der Waals surface area contributed by atoms with Crippen molar-refractivity contribution in [3.05, 3.63) is 12.2 Å². The van der Waals surface area contributed by atoms with Gasteiger partial charge in [-0.25, -0.2) is 0 Å². The number of ether oxygens (including phenoxy) is 2. The maximum absolute atomic E-state index is 5.35. The number of hydrogen-bond acceptors (Lipinski definition) is 3. The first-order chi connectivity index (χ1) is 7.41. The summed E-state index contributed by atoms with van der Waals surface area (Å²) in [7, 11) is 0. The van der Waals surface area contributed by atoms with Crippen LogP contribution in [0.25, 0.3) is 0 Å². The van der Waals surface area contributed by atoms with Gasteiger partial charge in [-0.15, -0.1) is 0 Å². The van der Waals surface area contributed by atoms with E-state index >= 15 is 0 Å². The molecular formula is C12H25NO2. The highest BCUT2D eigenvalue weighted by atomic mass is 16.5. The van der Waals surface area contributed by atoms with Crippen LogP contribution in [0.4, 0.5) is 0 Å². The molecule has 0 aromatic carbocycles. The predicted octanol–water partition coefficient (Wildman–Crippen LogP) is 1.99. The topological polar surface area (TPSA) is 30.5 Å². The lowest BCUT2D eigenvalue weighted by atomic mass is 10.3. The van der Waals surface area contributed by atoms with Gasteiger partial charge in [0.1, 0.15) is 0 Å². The molecule has 0 unspecified atom stereocenters. The molecule has 0 aliphatic carbocycles. The summed E-state index contributed by atoms with van der Waals surface area (Å²) in [6, 6.07) is 0. The van der Waals surface area contributed by atoms with Crippen LogP contribution in [0.1, 0.15) is 26.7 Å². The summed E-state index contributed by atoms with van der Waals surface area (Å²) in [6.07, 6.45) is 6.33. The summed E-state index contributed by atoms with van der Waals surface area (Å²) < 4.78 is 10.6. The zero-order chi connectivity index (χ0) is 11.2. The van der Waals surface area contributed by atoms with Crippen LogP contribution < -0.4 is 5.32 Å². The van der Waals surface area contributed by atoms with E-state index in [1.54, 1.807) is 0 Å². The second-order valence-electron chi connectivity index (χ2n) is 3.30. The molecule has 1 N–H and O–H groups in total. The van der Waals surface area contributed by atoms with Gasteiger partial charge in [0.25, 0.3) is 0 Å². The van der Waals surface area contributed by atoms with Gasteiger partial charge in [-0.3, -0.25) is 0 Å². The molecule has 0 saturated heterocycles. The zero-order valence-corrected chi connectivity index (χ0v) is 10.1. The van der Waals surface area contributed by atoms with Crippen molar-refractivity contribution in [3.8, 4) is 0 Å². The van der Waals surface area contributed by atoms with E-state index in [0.717, 1.165) is 45.9 Å². The molecule has 0 aromatic heterocycles. The van der Waals surface area contributed by atoms with Crippen molar-refractivity contribution in [3.63, 3.8) is 0 Å². The van der Waals surface area contributed by atoms with Crippen molar-refractivity contribution < 1.29 is 9.47 Å². The summed E-state index contributed by atoms with van der Waals surface area (Å²) >= 11 is 0. The van der Waals surface area contributed by atoms with E-state index in [1.165, 1.54) is 6.42 Å². The number of rotatable bonds is 11. The molecule has 0 bridgehead atoms. The average Bonchev–Trinajstić information content (AvgIpc) is 2.26. The smallest absolute Gasteiger partial charge is 0.0647 e.